The van der Waals surface area contributed by atoms with Crippen molar-refractivity contribution in [3.05, 3.63) is 252 Å². The van der Waals surface area contributed by atoms with Gasteiger partial charge in [0.1, 0.15) is 46.8 Å². The van der Waals surface area contributed by atoms with Crippen LogP contribution in [0, 0.1) is 5.41 Å². The van der Waals surface area contributed by atoms with E-state index in [1.807, 2.05) is 214 Å². The van der Waals surface area contributed by atoms with Crippen LogP contribution < -0.4 is 19.9 Å². The first-order valence-corrected chi connectivity index (χ1v) is 29.8. The summed E-state index contributed by atoms with van der Waals surface area (Å²) in [6, 6.07) is 64.7. The molecule has 1 saturated heterocycles. The van der Waals surface area contributed by atoms with Crippen molar-refractivity contribution < 1.29 is 47.6 Å². The van der Waals surface area contributed by atoms with Gasteiger partial charge in [0.15, 0.2) is 28.3 Å². The SMILES string of the molecule is COc1ccc(C(Nc2ncnc3c2ncn3[C@@H]2O[C@H](COP(=O)(NCc3ccccc3)OCCSC(=O)C(C)(C)COC(c3ccccc3)(c3ccccc3)c3ccccc3)[C@H](O)C2(C)O)(c2ccccc2)c2ccc(OC)cc2)cc1. The van der Waals surface area contributed by atoms with Crippen LogP contribution in [-0.2, 0) is 45.6 Å². The van der Waals surface area contributed by atoms with Crippen LogP contribution in [0.2, 0.25) is 0 Å². The zero-order valence-electron chi connectivity index (χ0n) is 46.8. The van der Waals surface area contributed by atoms with E-state index in [0.29, 0.717) is 22.8 Å². The first-order chi connectivity index (χ1) is 40.2. The fourth-order valence-electron chi connectivity index (χ4n) is 10.4. The summed E-state index contributed by atoms with van der Waals surface area (Å²) in [5.74, 6) is 1.85. The van der Waals surface area contributed by atoms with Gasteiger partial charge in [0.25, 0.3) is 0 Å². The van der Waals surface area contributed by atoms with Gasteiger partial charge in [0, 0.05) is 12.3 Å². The van der Waals surface area contributed by atoms with Crippen molar-refractivity contribution in [1.82, 2.24) is 24.6 Å². The summed E-state index contributed by atoms with van der Waals surface area (Å²) in [4.78, 5) is 28.3. The molecule has 428 valence electrons. The Labute approximate surface area is 487 Å². The number of aromatic nitrogens is 4. The van der Waals surface area contributed by atoms with Gasteiger partial charge in [-0.1, -0.05) is 188 Å². The van der Waals surface area contributed by atoms with Gasteiger partial charge in [-0.05, 0) is 84.0 Å². The van der Waals surface area contributed by atoms with E-state index in [4.69, 9.17) is 38.0 Å². The van der Waals surface area contributed by atoms with Crippen molar-refractivity contribution in [3.63, 3.8) is 0 Å². The van der Waals surface area contributed by atoms with E-state index in [1.165, 1.54) is 24.1 Å². The average molecular weight is 1160 g/mol. The number of imidazole rings is 1. The molecule has 18 heteroatoms. The molecule has 0 spiro atoms. The minimum atomic E-state index is -4.21. The zero-order chi connectivity index (χ0) is 58.1. The van der Waals surface area contributed by atoms with Gasteiger partial charge in [-0.15, -0.1) is 0 Å². The molecule has 9 aromatic rings. The fourth-order valence-corrected chi connectivity index (χ4v) is 12.7. The Kier molecular flexibility index (Phi) is 18.0. The smallest absolute Gasteiger partial charge is 0.405 e. The van der Waals surface area contributed by atoms with Gasteiger partial charge in [0.05, 0.1) is 45.8 Å². The van der Waals surface area contributed by atoms with E-state index >= 15 is 0 Å². The number of aliphatic hydroxyl groups is 2. The van der Waals surface area contributed by atoms with Crippen LogP contribution >= 0.6 is 19.5 Å². The average Bonchev–Trinajstić information content (AvgIpc) is 2.99. The lowest BCUT2D eigenvalue weighted by atomic mass is 9.77. The predicted octanol–water partition coefficient (Wildman–Crippen LogP) is 11.5. The Morgan fingerprint density at radius 3 is 1.70 bits per heavy atom. The summed E-state index contributed by atoms with van der Waals surface area (Å²) in [5, 5.41) is 30.5. The molecule has 4 N–H and O–H groups in total. The summed E-state index contributed by atoms with van der Waals surface area (Å²) in [6.45, 7) is 4.69. The minimum Gasteiger partial charge on any atom is -0.497 e. The number of ether oxygens (including phenoxy) is 4. The molecule has 16 nitrogen and oxygen atoms in total. The second-order valence-electron chi connectivity index (χ2n) is 21.0. The quantitative estimate of drug-likeness (QED) is 0.0239. The number of thioether (sulfide) groups is 1. The van der Waals surface area contributed by atoms with E-state index in [-0.39, 0.29) is 36.3 Å². The monoisotopic (exact) mass is 1150 g/mol. The van der Waals surface area contributed by atoms with Gasteiger partial charge < -0.3 is 34.5 Å². The van der Waals surface area contributed by atoms with E-state index in [0.717, 1.165) is 50.7 Å². The molecule has 5 atom stereocenters. The molecule has 3 heterocycles. The number of benzene rings is 7. The summed E-state index contributed by atoms with van der Waals surface area (Å²) in [7, 11) is -0.971. The van der Waals surface area contributed by atoms with Crippen molar-refractivity contribution in [1.29, 1.82) is 0 Å². The molecule has 0 aliphatic carbocycles. The molecule has 1 aliphatic rings. The molecule has 0 amide bonds. The Bertz CT molecular complexity index is 3460. The lowest BCUT2D eigenvalue weighted by Gasteiger charge is -2.38. The number of methoxy groups -OCH3 is 2. The first-order valence-electron chi connectivity index (χ1n) is 27.2. The molecular formula is C65H67N6O10PS. The zero-order valence-corrected chi connectivity index (χ0v) is 48.5. The van der Waals surface area contributed by atoms with Crippen molar-refractivity contribution in [2.24, 2.45) is 5.41 Å². The van der Waals surface area contributed by atoms with Gasteiger partial charge >= 0.3 is 7.75 Å². The number of hydrogen-bond donors (Lipinski definition) is 4. The molecule has 1 fully saturated rings. The Morgan fingerprint density at radius 2 is 1.18 bits per heavy atom. The molecule has 2 unspecified atom stereocenters. The van der Waals surface area contributed by atoms with E-state index in [9.17, 15) is 19.6 Å². The van der Waals surface area contributed by atoms with Crippen LogP contribution in [0.15, 0.2) is 213 Å². The third-order valence-electron chi connectivity index (χ3n) is 15.0. The highest BCUT2D eigenvalue weighted by atomic mass is 32.2. The lowest BCUT2D eigenvalue weighted by molar-refractivity contribution is -0.124. The number of nitrogens with zero attached hydrogens (tertiary/aromatic N) is 4. The van der Waals surface area contributed by atoms with Crippen LogP contribution in [0.4, 0.5) is 5.82 Å². The number of carbonyl (C=O) groups excluding carboxylic acids is 1. The summed E-state index contributed by atoms with van der Waals surface area (Å²) in [6.07, 6.45) is -1.16. The van der Waals surface area contributed by atoms with Crippen LogP contribution in [0.1, 0.15) is 65.9 Å². The summed E-state index contributed by atoms with van der Waals surface area (Å²) >= 11 is 1.04. The summed E-state index contributed by atoms with van der Waals surface area (Å²) < 4.78 is 53.0. The van der Waals surface area contributed by atoms with Crippen molar-refractivity contribution in [2.75, 3.05) is 45.1 Å². The number of carbonyl (C=O) groups is 1. The largest absolute Gasteiger partial charge is 0.497 e. The van der Waals surface area contributed by atoms with Crippen molar-refractivity contribution in [3.8, 4) is 11.5 Å². The molecule has 0 saturated carbocycles. The normalized spacial score (nSPS) is 18.1. The fraction of sp³-hybridized carbons (Fsp3) is 0.262. The number of fused-ring (bicyclic) bond motifs is 1. The minimum absolute atomic E-state index is 0.0666. The van der Waals surface area contributed by atoms with Gasteiger partial charge in [-0.25, -0.2) is 24.6 Å². The number of hydrogen-bond acceptors (Lipinski definition) is 15. The Morgan fingerprint density at radius 1 is 0.687 bits per heavy atom. The Hall–Kier alpha value is -7.54. The van der Waals surface area contributed by atoms with Crippen LogP contribution in [-0.4, -0.2) is 92.4 Å². The molecule has 2 aromatic heterocycles. The molecule has 0 radical (unpaired) electrons. The van der Waals surface area contributed by atoms with Crippen LogP contribution in [0.25, 0.3) is 11.2 Å². The Balaban J connectivity index is 0.854. The lowest BCUT2D eigenvalue weighted by Crippen LogP contribution is -2.44. The molecule has 0 bridgehead atoms. The van der Waals surface area contributed by atoms with E-state index < -0.39 is 54.9 Å². The first kappa shape index (κ1) is 58.6. The van der Waals surface area contributed by atoms with Crippen molar-refractivity contribution >= 4 is 41.6 Å². The summed E-state index contributed by atoms with van der Waals surface area (Å²) in [5.41, 5.74) is 1.79. The van der Waals surface area contributed by atoms with Crippen molar-refractivity contribution in [2.45, 2.75) is 62.5 Å². The van der Waals surface area contributed by atoms with E-state index in [1.54, 1.807) is 14.2 Å². The van der Waals surface area contributed by atoms with Crippen LogP contribution in [0.5, 0.6) is 11.5 Å². The molecule has 1 aliphatic heterocycles. The van der Waals surface area contributed by atoms with Crippen LogP contribution in [0.3, 0.4) is 0 Å². The molecule has 83 heavy (non-hydrogen) atoms. The number of aliphatic hydroxyl groups excluding tert-OH is 1. The number of anilines is 1. The topological polar surface area (TPSA) is 198 Å². The number of nitrogens with one attached hydrogen (secondary N) is 2. The second kappa shape index (κ2) is 25.5. The van der Waals surface area contributed by atoms with Gasteiger partial charge in [0.2, 0.25) is 0 Å². The maximum atomic E-state index is 14.8. The predicted molar refractivity (Wildman–Crippen MR) is 321 cm³/mol. The number of rotatable bonds is 25. The molecule has 7 aromatic carbocycles. The highest BCUT2D eigenvalue weighted by Gasteiger charge is 2.54. The highest BCUT2D eigenvalue weighted by Crippen LogP contribution is 2.48. The molecule has 10 rings (SSSR count). The van der Waals surface area contributed by atoms with E-state index in [2.05, 4.69) is 15.4 Å². The highest BCUT2D eigenvalue weighted by molar-refractivity contribution is 8.13. The third-order valence-corrected chi connectivity index (χ3v) is 17.7. The second-order valence-corrected chi connectivity index (χ2v) is 23.9. The maximum absolute atomic E-state index is 14.8. The van der Waals surface area contributed by atoms with Gasteiger partial charge in [-0.2, -0.15) is 0 Å². The van der Waals surface area contributed by atoms with Gasteiger partial charge in [-0.3, -0.25) is 18.4 Å². The standard InChI is InChI=1S/C65H67N6O10PS/c1-62(2,43-78-65(50-25-15-8-16-26-50,51-27-17-9-18-28-51)52-29-19-10-20-30-52)61(73)83-40-39-79-82(75,69-41-46-21-11-6-12-22-46)80-42-55-57(72)63(3,74)60(81-55)71-45-68-56-58(66-44-67-59(56)71)70-64(47-23-13-7-14-24-47,48-31-35-53(76-4)36-32-48)49-33-37-54(77-5)38-34-49/h6-38,44-45,55,57,60,72,74H,39-43H2,1-5H3,(H,69,75)(H,66,67,70)/t55-,57+,60-,63?,82?/m1/s1. The maximum Gasteiger partial charge on any atom is 0.405 e. The molecular weight excluding hydrogens is 1090 g/mol. The third kappa shape index (κ3) is 12.4.